The van der Waals surface area contributed by atoms with Crippen LogP contribution in [0.25, 0.3) is 0 Å². The molecule has 4 rings (SSSR count). The number of nitrogens with one attached hydrogen (secondary N) is 1. The second-order valence-electron chi connectivity index (χ2n) is 14.8. The molecule has 0 spiro atoms. The fourth-order valence-corrected chi connectivity index (χ4v) is 6.32. The molecule has 0 atom stereocenters. The zero-order chi connectivity index (χ0) is 34.0. The molecule has 2 aromatic carbocycles. The molecule has 1 N–H and O–H groups in total. The minimum Gasteiger partial charge on any atom is -0.459 e. The van der Waals surface area contributed by atoms with E-state index < -0.39 is 70.5 Å². The largest absolute Gasteiger partial charge is 0.494 e. The third-order valence-corrected chi connectivity index (χ3v) is 10.5. The van der Waals surface area contributed by atoms with Crippen molar-refractivity contribution in [2.45, 2.75) is 121 Å². The van der Waals surface area contributed by atoms with Gasteiger partial charge in [0.25, 0.3) is 5.91 Å². The van der Waals surface area contributed by atoms with E-state index in [-0.39, 0.29) is 15.4 Å². The molecule has 0 aliphatic carbocycles. The van der Waals surface area contributed by atoms with Crippen molar-refractivity contribution in [3.63, 3.8) is 0 Å². The Labute approximate surface area is 268 Å². The summed E-state index contributed by atoms with van der Waals surface area (Å²) in [5.74, 6) is -1.28. The number of benzene rings is 2. The Kier molecular flexibility index (Phi) is 9.00. The Bertz CT molecular complexity index is 1580. The van der Waals surface area contributed by atoms with Crippen LogP contribution in [0.15, 0.2) is 46.2 Å². The van der Waals surface area contributed by atoms with Gasteiger partial charge < -0.3 is 28.7 Å². The lowest BCUT2D eigenvalue weighted by Crippen LogP contribution is -2.41. The van der Waals surface area contributed by atoms with Crippen molar-refractivity contribution in [1.82, 2.24) is 5.32 Å². The van der Waals surface area contributed by atoms with Crippen molar-refractivity contribution in [1.29, 1.82) is 0 Å². The molecule has 0 bridgehead atoms. The number of carbonyl (C=O) groups excluding carboxylic acids is 2. The average Bonchev–Trinajstić information content (AvgIpc) is 3.25. The number of amides is 1. The third-order valence-electron chi connectivity index (χ3n) is 8.75. The SMILES string of the molecule is Cc1cc(B2OC(C)(C)C(C)(C)O2)cc(S(=O)(=O)c2cc(B3OC(C)(C)C(C)(C)O3)cc(C(=O)NCC(=O)OC(C)(C)C)c2)c1. The first-order chi connectivity index (χ1) is 20.3. The minimum absolute atomic E-state index is 0.0124. The summed E-state index contributed by atoms with van der Waals surface area (Å²) in [6, 6.07) is 9.18. The first kappa shape index (κ1) is 35.2. The number of rotatable bonds is 7. The zero-order valence-corrected chi connectivity index (χ0v) is 29.2. The van der Waals surface area contributed by atoms with Crippen LogP contribution in [0.4, 0.5) is 0 Å². The lowest BCUT2D eigenvalue weighted by Gasteiger charge is -2.32. The molecule has 1 amide bonds. The normalized spacial score (nSPS) is 20.3. The van der Waals surface area contributed by atoms with Crippen molar-refractivity contribution in [2.75, 3.05) is 6.54 Å². The summed E-state index contributed by atoms with van der Waals surface area (Å²) in [5, 5.41) is 2.54. The summed E-state index contributed by atoms with van der Waals surface area (Å²) in [4.78, 5) is 25.5. The van der Waals surface area contributed by atoms with Crippen LogP contribution < -0.4 is 16.2 Å². The summed E-state index contributed by atoms with van der Waals surface area (Å²) in [6.07, 6.45) is 0. The van der Waals surface area contributed by atoms with Gasteiger partial charge in [-0.3, -0.25) is 9.59 Å². The molecule has 2 heterocycles. The monoisotopic (exact) mass is 641 g/mol. The van der Waals surface area contributed by atoms with E-state index >= 15 is 0 Å². The highest BCUT2D eigenvalue weighted by Crippen LogP contribution is 2.38. The quantitative estimate of drug-likeness (QED) is 0.357. The number of carbonyl (C=O) groups is 2. The van der Waals surface area contributed by atoms with Crippen LogP contribution in [0.1, 0.15) is 92.1 Å². The molecule has 13 heteroatoms. The number of hydrogen-bond acceptors (Lipinski definition) is 9. The van der Waals surface area contributed by atoms with Crippen LogP contribution in [0, 0.1) is 6.92 Å². The topological polar surface area (TPSA) is 126 Å². The van der Waals surface area contributed by atoms with Crippen molar-refractivity contribution < 1.29 is 41.4 Å². The number of ether oxygens (including phenoxy) is 1. The Morgan fingerprint density at radius 1 is 0.733 bits per heavy atom. The Morgan fingerprint density at radius 3 is 1.60 bits per heavy atom. The second kappa shape index (κ2) is 11.5. The van der Waals surface area contributed by atoms with E-state index in [0.717, 1.165) is 0 Å². The van der Waals surface area contributed by atoms with E-state index in [2.05, 4.69) is 5.32 Å². The molecule has 244 valence electrons. The maximum Gasteiger partial charge on any atom is 0.494 e. The highest BCUT2D eigenvalue weighted by molar-refractivity contribution is 7.91. The molecule has 0 saturated carbocycles. The van der Waals surface area contributed by atoms with Gasteiger partial charge >= 0.3 is 20.2 Å². The molecule has 45 heavy (non-hydrogen) atoms. The third kappa shape index (κ3) is 7.33. The molecular formula is C32H45B2NO9S. The second-order valence-corrected chi connectivity index (χ2v) is 16.8. The Morgan fingerprint density at radius 2 is 1.16 bits per heavy atom. The molecule has 10 nitrogen and oxygen atoms in total. The fraction of sp³-hybridized carbons (Fsp3) is 0.562. The summed E-state index contributed by atoms with van der Waals surface area (Å²) in [5.41, 5.74) is -1.76. The van der Waals surface area contributed by atoms with Gasteiger partial charge in [-0.25, -0.2) is 8.42 Å². The van der Waals surface area contributed by atoms with E-state index in [4.69, 9.17) is 23.4 Å². The van der Waals surface area contributed by atoms with Crippen LogP contribution in [0.5, 0.6) is 0 Å². The molecular weight excluding hydrogens is 596 g/mol. The van der Waals surface area contributed by atoms with Crippen molar-refractivity contribution in [3.8, 4) is 0 Å². The molecule has 2 aromatic rings. The van der Waals surface area contributed by atoms with Gasteiger partial charge in [0.1, 0.15) is 12.1 Å². The van der Waals surface area contributed by atoms with Gasteiger partial charge in [-0.05, 0) is 124 Å². The van der Waals surface area contributed by atoms with E-state index in [9.17, 15) is 18.0 Å². The van der Waals surface area contributed by atoms with Gasteiger partial charge in [0, 0.05) is 5.56 Å². The molecule has 2 fully saturated rings. The molecule has 0 radical (unpaired) electrons. The maximum absolute atomic E-state index is 14.3. The predicted octanol–water partition coefficient (Wildman–Crippen LogP) is 3.50. The Hall–Kier alpha value is -2.70. The van der Waals surface area contributed by atoms with E-state index in [1.165, 1.54) is 24.3 Å². The van der Waals surface area contributed by atoms with Crippen molar-refractivity contribution in [3.05, 3.63) is 47.5 Å². The van der Waals surface area contributed by atoms with Gasteiger partial charge in [0.15, 0.2) is 0 Å². The summed E-state index contributed by atoms with van der Waals surface area (Å²) in [7, 11) is -5.90. The molecule has 2 aliphatic heterocycles. The van der Waals surface area contributed by atoms with Crippen LogP contribution in [0.2, 0.25) is 0 Å². The van der Waals surface area contributed by atoms with E-state index in [0.29, 0.717) is 16.5 Å². The van der Waals surface area contributed by atoms with Crippen molar-refractivity contribution >= 4 is 46.9 Å². The van der Waals surface area contributed by atoms with Crippen LogP contribution >= 0.6 is 0 Å². The standard InChI is InChI=1S/C32H45B2NO9S/c1-20-13-22(33-41-29(5,6)30(7,8)42-33)17-24(14-20)45(38,39)25-16-21(27(37)35-19-26(36)40-28(2,3)4)15-23(18-25)34-43-31(9,10)32(11,12)44-34/h13-18H,19H2,1-12H3,(H,35,37). The lowest BCUT2D eigenvalue weighted by molar-refractivity contribution is -0.153. The number of hydrogen-bond donors (Lipinski definition) is 1. The number of sulfone groups is 1. The lowest BCUT2D eigenvalue weighted by atomic mass is 9.78. The predicted molar refractivity (Wildman–Crippen MR) is 173 cm³/mol. The number of esters is 1. The van der Waals surface area contributed by atoms with Gasteiger partial charge in [0.05, 0.1) is 32.2 Å². The van der Waals surface area contributed by atoms with Crippen LogP contribution in [-0.2, 0) is 38.0 Å². The molecule has 2 saturated heterocycles. The van der Waals surface area contributed by atoms with Crippen LogP contribution in [-0.4, -0.2) is 69.1 Å². The fourth-order valence-electron chi connectivity index (χ4n) is 4.84. The molecule has 0 aromatic heterocycles. The van der Waals surface area contributed by atoms with E-state index in [1.54, 1.807) is 33.8 Å². The highest BCUT2D eigenvalue weighted by Gasteiger charge is 2.53. The maximum atomic E-state index is 14.3. The highest BCUT2D eigenvalue weighted by atomic mass is 32.2. The molecule has 0 unspecified atom stereocenters. The van der Waals surface area contributed by atoms with Gasteiger partial charge in [-0.1, -0.05) is 11.6 Å². The average molecular weight is 641 g/mol. The summed E-state index contributed by atoms with van der Waals surface area (Å²) in [6.45, 7) is 21.8. The Balaban J connectivity index is 1.75. The van der Waals surface area contributed by atoms with Gasteiger partial charge in [-0.2, -0.15) is 0 Å². The van der Waals surface area contributed by atoms with Gasteiger partial charge in [0.2, 0.25) is 9.84 Å². The molecule has 2 aliphatic rings. The summed E-state index contributed by atoms with van der Waals surface area (Å²) >= 11 is 0. The van der Waals surface area contributed by atoms with Crippen molar-refractivity contribution in [2.24, 2.45) is 0 Å². The smallest absolute Gasteiger partial charge is 0.459 e. The first-order valence-electron chi connectivity index (χ1n) is 15.1. The minimum atomic E-state index is -4.19. The zero-order valence-electron chi connectivity index (χ0n) is 28.4. The first-order valence-corrected chi connectivity index (χ1v) is 16.5. The number of aryl methyl sites for hydroxylation is 1. The van der Waals surface area contributed by atoms with E-state index in [1.807, 2.05) is 61.5 Å². The van der Waals surface area contributed by atoms with Gasteiger partial charge in [-0.15, -0.1) is 0 Å². The summed E-state index contributed by atoms with van der Waals surface area (Å²) < 4.78 is 58.6. The van der Waals surface area contributed by atoms with Crippen LogP contribution in [0.3, 0.4) is 0 Å².